The van der Waals surface area contributed by atoms with Crippen LogP contribution in [0.2, 0.25) is 0 Å². The van der Waals surface area contributed by atoms with E-state index in [-0.39, 0.29) is 17.9 Å². The minimum absolute atomic E-state index is 0.0320. The summed E-state index contributed by atoms with van der Waals surface area (Å²) in [6.45, 7) is 3.80. The zero-order valence-electron chi connectivity index (χ0n) is 12.7. The zero-order valence-corrected chi connectivity index (χ0v) is 12.7. The average molecular weight is 278 g/mol. The summed E-state index contributed by atoms with van der Waals surface area (Å²) in [4.78, 5) is 27.6. The first-order chi connectivity index (χ1) is 9.47. The molecular weight excluding hydrogens is 252 g/mol. The summed E-state index contributed by atoms with van der Waals surface area (Å²) in [5, 5.41) is 3.07. The molecule has 0 aromatic carbocycles. The summed E-state index contributed by atoms with van der Waals surface area (Å²) >= 11 is 0. The van der Waals surface area contributed by atoms with Gasteiger partial charge in [-0.1, -0.05) is 32.1 Å². The highest BCUT2D eigenvalue weighted by atomic mass is 16.2. The predicted octanol–water partition coefficient (Wildman–Crippen LogP) is 2.37. The second kappa shape index (κ2) is 4.74. The van der Waals surface area contributed by atoms with Gasteiger partial charge in [-0.3, -0.25) is 9.59 Å². The molecular formula is C16H26N2O2. The van der Waals surface area contributed by atoms with Crippen molar-refractivity contribution in [2.45, 2.75) is 88.8 Å². The molecule has 1 heterocycles. The van der Waals surface area contributed by atoms with E-state index < -0.39 is 11.1 Å². The molecule has 2 saturated carbocycles. The third-order valence-electron chi connectivity index (χ3n) is 5.54. The number of nitrogens with zero attached hydrogens (tertiary/aromatic N) is 1. The lowest BCUT2D eigenvalue weighted by Gasteiger charge is -2.52. The van der Waals surface area contributed by atoms with Crippen LogP contribution in [0.1, 0.15) is 71.6 Å². The van der Waals surface area contributed by atoms with Gasteiger partial charge in [0.25, 0.3) is 0 Å². The topological polar surface area (TPSA) is 49.4 Å². The maximum Gasteiger partial charge on any atom is 0.249 e. The molecule has 1 spiro atoms. The highest BCUT2D eigenvalue weighted by Gasteiger charge is 2.56. The van der Waals surface area contributed by atoms with E-state index in [9.17, 15) is 9.59 Å². The maximum atomic E-state index is 13.1. The van der Waals surface area contributed by atoms with Crippen LogP contribution in [0, 0.1) is 0 Å². The predicted molar refractivity (Wildman–Crippen MR) is 77.1 cm³/mol. The second-order valence-electron chi connectivity index (χ2n) is 7.27. The van der Waals surface area contributed by atoms with Gasteiger partial charge < -0.3 is 10.2 Å². The molecule has 0 bridgehead atoms. The molecule has 112 valence electrons. The molecule has 3 rings (SSSR count). The fourth-order valence-corrected chi connectivity index (χ4v) is 4.30. The van der Waals surface area contributed by atoms with E-state index in [0.29, 0.717) is 0 Å². The Balaban J connectivity index is 1.94. The molecule has 2 amide bonds. The molecule has 1 saturated heterocycles. The lowest BCUT2D eigenvalue weighted by atomic mass is 9.82. The standard InChI is InChI=1S/C16H26N2O2/c1-15(2)13(19)17-16(10-6-7-11-16)14(20)18(15)12-8-4-3-5-9-12/h12H,3-11H2,1-2H3,(H,17,19). The van der Waals surface area contributed by atoms with Crippen LogP contribution in [0.3, 0.4) is 0 Å². The van der Waals surface area contributed by atoms with Crippen molar-refractivity contribution in [1.29, 1.82) is 0 Å². The van der Waals surface area contributed by atoms with Gasteiger partial charge in [0.15, 0.2) is 0 Å². The molecule has 1 aliphatic heterocycles. The lowest BCUT2D eigenvalue weighted by Crippen LogP contribution is -2.75. The number of carbonyl (C=O) groups is 2. The van der Waals surface area contributed by atoms with Crippen molar-refractivity contribution in [2.75, 3.05) is 0 Å². The molecule has 3 fully saturated rings. The van der Waals surface area contributed by atoms with E-state index in [1.165, 1.54) is 19.3 Å². The van der Waals surface area contributed by atoms with Crippen molar-refractivity contribution in [3.05, 3.63) is 0 Å². The summed E-state index contributed by atoms with van der Waals surface area (Å²) in [5.41, 5.74) is -1.28. The molecule has 3 aliphatic rings. The quantitative estimate of drug-likeness (QED) is 0.800. The third-order valence-corrected chi connectivity index (χ3v) is 5.54. The summed E-state index contributed by atoms with van der Waals surface area (Å²) in [7, 11) is 0. The van der Waals surface area contributed by atoms with Gasteiger partial charge in [0.05, 0.1) is 0 Å². The summed E-state index contributed by atoms with van der Waals surface area (Å²) in [6, 6.07) is 0.259. The number of carbonyl (C=O) groups excluding carboxylic acids is 2. The van der Waals surface area contributed by atoms with Crippen LogP contribution in [0.25, 0.3) is 0 Å². The molecule has 0 atom stereocenters. The van der Waals surface area contributed by atoms with Gasteiger partial charge in [-0.05, 0) is 39.5 Å². The zero-order chi connectivity index (χ0) is 14.4. The maximum absolute atomic E-state index is 13.1. The van der Waals surface area contributed by atoms with Crippen molar-refractivity contribution in [2.24, 2.45) is 0 Å². The largest absolute Gasteiger partial charge is 0.340 e. The lowest BCUT2D eigenvalue weighted by molar-refractivity contribution is -0.165. The minimum atomic E-state index is -0.701. The van der Waals surface area contributed by atoms with E-state index in [1.807, 2.05) is 18.7 Å². The summed E-state index contributed by atoms with van der Waals surface area (Å²) < 4.78 is 0. The molecule has 0 radical (unpaired) electrons. The van der Waals surface area contributed by atoms with Gasteiger partial charge in [-0.25, -0.2) is 0 Å². The molecule has 0 unspecified atom stereocenters. The molecule has 0 aromatic heterocycles. The highest BCUT2D eigenvalue weighted by Crippen LogP contribution is 2.40. The first-order valence-corrected chi connectivity index (χ1v) is 8.14. The van der Waals surface area contributed by atoms with Crippen molar-refractivity contribution < 1.29 is 9.59 Å². The normalized spacial score (nSPS) is 29.8. The van der Waals surface area contributed by atoms with Crippen LogP contribution in [0.4, 0.5) is 0 Å². The molecule has 2 aliphatic carbocycles. The van der Waals surface area contributed by atoms with Crippen molar-refractivity contribution >= 4 is 11.8 Å². The van der Waals surface area contributed by atoms with Gasteiger partial charge in [0.1, 0.15) is 11.1 Å². The molecule has 0 aromatic rings. The Labute approximate surface area is 121 Å². The van der Waals surface area contributed by atoms with Crippen LogP contribution in [-0.4, -0.2) is 33.8 Å². The smallest absolute Gasteiger partial charge is 0.249 e. The van der Waals surface area contributed by atoms with Gasteiger partial charge >= 0.3 is 0 Å². The number of nitrogens with one attached hydrogen (secondary N) is 1. The number of piperazine rings is 1. The van der Waals surface area contributed by atoms with E-state index in [1.54, 1.807) is 0 Å². The Morgan fingerprint density at radius 1 is 1.00 bits per heavy atom. The van der Waals surface area contributed by atoms with Gasteiger partial charge in [0, 0.05) is 6.04 Å². The number of amides is 2. The Bertz CT molecular complexity index is 418. The molecule has 4 nitrogen and oxygen atoms in total. The van der Waals surface area contributed by atoms with E-state index in [0.717, 1.165) is 38.5 Å². The van der Waals surface area contributed by atoms with Gasteiger partial charge in [-0.15, -0.1) is 0 Å². The van der Waals surface area contributed by atoms with Crippen molar-refractivity contribution in [1.82, 2.24) is 10.2 Å². The Kier molecular flexibility index (Phi) is 3.30. The van der Waals surface area contributed by atoms with Crippen molar-refractivity contribution in [3.63, 3.8) is 0 Å². The number of hydrogen-bond donors (Lipinski definition) is 1. The Morgan fingerprint density at radius 2 is 1.60 bits per heavy atom. The van der Waals surface area contributed by atoms with Gasteiger partial charge in [-0.2, -0.15) is 0 Å². The van der Waals surface area contributed by atoms with Crippen LogP contribution in [0.15, 0.2) is 0 Å². The first-order valence-electron chi connectivity index (χ1n) is 8.14. The van der Waals surface area contributed by atoms with Crippen LogP contribution in [0.5, 0.6) is 0 Å². The van der Waals surface area contributed by atoms with E-state index >= 15 is 0 Å². The van der Waals surface area contributed by atoms with Crippen LogP contribution >= 0.6 is 0 Å². The van der Waals surface area contributed by atoms with E-state index in [4.69, 9.17) is 0 Å². The van der Waals surface area contributed by atoms with Gasteiger partial charge in [0.2, 0.25) is 11.8 Å². The molecule has 1 N–H and O–H groups in total. The Morgan fingerprint density at radius 3 is 2.20 bits per heavy atom. The average Bonchev–Trinajstić information content (AvgIpc) is 2.88. The Hall–Kier alpha value is -1.06. The van der Waals surface area contributed by atoms with Crippen LogP contribution < -0.4 is 5.32 Å². The SMILES string of the molecule is CC1(C)C(=O)NC2(CCCC2)C(=O)N1C1CCCCC1. The number of rotatable bonds is 1. The fourth-order valence-electron chi connectivity index (χ4n) is 4.30. The second-order valence-corrected chi connectivity index (χ2v) is 7.27. The molecule has 4 heteroatoms. The highest BCUT2D eigenvalue weighted by molar-refractivity contribution is 6.02. The van der Waals surface area contributed by atoms with Crippen LogP contribution in [-0.2, 0) is 9.59 Å². The minimum Gasteiger partial charge on any atom is -0.340 e. The van der Waals surface area contributed by atoms with Crippen molar-refractivity contribution in [3.8, 4) is 0 Å². The first kappa shape index (κ1) is 13.9. The summed E-state index contributed by atoms with van der Waals surface area (Å²) in [6.07, 6.45) is 9.45. The number of hydrogen-bond acceptors (Lipinski definition) is 2. The third kappa shape index (κ3) is 1.95. The summed E-state index contributed by atoms with van der Waals surface area (Å²) in [5.74, 6) is 0.219. The fraction of sp³-hybridized carbons (Fsp3) is 0.875. The molecule has 20 heavy (non-hydrogen) atoms. The van der Waals surface area contributed by atoms with E-state index in [2.05, 4.69) is 5.32 Å². The monoisotopic (exact) mass is 278 g/mol.